The highest BCUT2D eigenvalue weighted by Gasteiger charge is 2.11. The average molecular weight is 236 g/mol. The Labute approximate surface area is 102 Å². The van der Waals surface area contributed by atoms with Gasteiger partial charge in [-0.1, -0.05) is 24.3 Å². The summed E-state index contributed by atoms with van der Waals surface area (Å²) in [5.41, 5.74) is 2.43. The first-order valence-corrected chi connectivity index (χ1v) is 6.04. The predicted molar refractivity (Wildman–Crippen MR) is 66.2 cm³/mol. The zero-order chi connectivity index (χ0) is 12.1. The second-order valence-corrected chi connectivity index (χ2v) is 4.41. The van der Waals surface area contributed by atoms with E-state index in [9.17, 15) is 0 Å². The van der Waals surface area contributed by atoms with E-state index >= 15 is 0 Å². The molecule has 1 aliphatic rings. The van der Waals surface area contributed by atoms with Crippen LogP contribution in [0.5, 0.6) is 0 Å². The molecule has 1 aromatic rings. The van der Waals surface area contributed by atoms with E-state index in [1.807, 2.05) is 6.92 Å². The van der Waals surface area contributed by atoms with E-state index in [1.165, 1.54) is 5.56 Å². The Morgan fingerprint density at radius 2 is 1.94 bits per heavy atom. The van der Waals surface area contributed by atoms with Crippen LogP contribution < -0.4 is 5.90 Å². The molecule has 1 aromatic carbocycles. The van der Waals surface area contributed by atoms with E-state index in [-0.39, 0.29) is 6.10 Å². The lowest BCUT2D eigenvalue weighted by molar-refractivity contribution is 0.0341. The molecule has 4 heteroatoms. The van der Waals surface area contributed by atoms with E-state index in [0.29, 0.717) is 0 Å². The van der Waals surface area contributed by atoms with Gasteiger partial charge in [-0.25, -0.2) is 5.90 Å². The van der Waals surface area contributed by atoms with Gasteiger partial charge in [0.15, 0.2) is 0 Å². The molecule has 4 nitrogen and oxygen atoms in total. The third-order valence-corrected chi connectivity index (χ3v) is 3.16. The van der Waals surface area contributed by atoms with Crippen LogP contribution in [0.15, 0.2) is 24.3 Å². The van der Waals surface area contributed by atoms with Crippen LogP contribution in [-0.4, -0.2) is 31.2 Å². The van der Waals surface area contributed by atoms with Crippen molar-refractivity contribution in [2.45, 2.75) is 19.6 Å². The zero-order valence-corrected chi connectivity index (χ0v) is 10.3. The topological polar surface area (TPSA) is 47.7 Å². The Balaban J connectivity index is 1.93. The molecule has 0 aliphatic carbocycles. The zero-order valence-electron chi connectivity index (χ0n) is 10.3. The predicted octanol–water partition coefficient (Wildman–Crippen LogP) is 1.47. The van der Waals surface area contributed by atoms with Gasteiger partial charge in [0.05, 0.1) is 13.2 Å². The third kappa shape index (κ3) is 3.51. The first kappa shape index (κ1) is 12.5. The number of morpholine rings is 1. The van der Waals surface area contributed by atoms with Crippen LogP contribution in [0.3, 0.4) is 0 Å². The molecule has 1 saturated heterocycles. The standard InChI is InChI=1S/C13H20N2O2/c1-11(17-14)13-4-2-12(3-5-13)10-15-6-8-16-9-7-15/h2-5,11H,6-10,14H2,1H3. The number of rotatable bonds is 4. The van der Waals surface area contributed by atoms with E-state index in [4.69, 9.17) is 15.5 Å². The lowest BCUT2D eigenvalue weighted by Crippen LogP contribution is -2.35. The number of ether oxygens (including phenoxy) is 1. The van der Waals surface area contributed by atoms with Gasteiger partial charge in [0.2, 0.25) is 0 Å². The SMILES string of the molecule is CC(ON)c1ccc(CN2CCOCC2)cc1. The lowest BCUT2D eigenvalue weighted by Gasteiger charge is -2.26. The number of hydrogen-bond donors (Lipinski definition) is 1. The molecule has 0 bridgehead atoms. The van der Waals surface area contributed by atoms with Gasteiger partial charge < -0.3 is 4.74 Å². The summed E-state index contributed by atoms with van der Waals surface area (Å²) in [6, 6.07) is 8.43. The Morgan fingerprint density at radius 3 is 2.53 bits per heavy atom. The summed E-state index contributed by atoms with van der Waals surface area (Å²) in [6.07, 6.45) is -0.0487. The van der Waals surface area contributed by atoms with Gasteiger partial charge in [-0.3, -0.25) is 9.74 Å². The van der Waals surface area contributed by atoms with E-state index < -0.39 is 0 Å². The van der Waals surface area contributed by atoms with Crippen molar-refractivity contribution >= 4 is 0 Å². The third-order valence-electron chi connectivity index (χ3n) is 3.16. The number of nitrogens with two attached hydrogens (primary N) is 1. The molecular formula is C13H20N2O2. The van der Waals surface area contributed by atoms with Crippen molar-refractivity contribution in [3.8, 4) is 0 Å². The van der Waals surface area contributed by atoms with Gasteiger partial charge in [0.25, 0.3) is 0 Å². The number of benzene rings is 1. The first-order chi connectivity index (χ1) is 8.29. The molecule has 94 valence electrons. The molecule has 0 radical (unpaired) electrons. The van der Waals surface area contributed by atoms with Crippen LogP contribution >= 0.6 is 0 Å². The van der Waals surface area contributed by atoms with Crippen LogP contribution in [0, 0.1) is 0 Å². The highest BCUT2D eigenvalue weighted by Crippen LogP contribution is 2.16. The summed E-state index contributed by atoms with van der Waals surface area (Å²) in [6.45, 7) is 6.65. The minimum absolute atomic E-state index is 0.0487. The smallest absolute Gasteiger partial charge is 0.101 e. The molecule has 1 aliphatic heterocycles. The summed E-state index contributed by atoms with van der Waals surface area (Å²) in [7, 11) is 0. The molecular weight excluding hydrogens is 216 g/mol. The van der Waals surface area contributed by atoms with Crippen LogP contribution in [0.25, 0.3) is 0 Å². The molecule has 0 amide bonds. The minimum atomic E-state index is -0.0487. The average Bonchev–Trinajstić information content (AvgIpc) is 2.40. The van der Waals surface area contributed by atoms with Gasteiger partial charge in [-0.2, -0.15) is 0 Å². The van der Waals surface area contributed by atoms with Crippen LogP contribution in [0.2, 0.25) is 0 Å². The summed E-state index contributed by atoms with van der Waals surface area (Å²) in [5, 5.41) is 0. The Morgan fingerprint density at radius 1 is 1.29 bits per heavy atom. The Hall–Kier alpha value is -0.940. The quantitative estimate of drug-likeness (QED) is 0.804. The van der Waals surface area contributed by atoms with E-state index in [2.05, 4.69) is 29.2 Å². The summed E-state index contributed by atoms with van der Waals surface area (Å²) in [4.78, 5) is 7.20. The highest BCUT2D eigenvalue weighted by molar-refractivity contribution is 5.24. The number of hydrogen-bond acceptors (Lipinski definition) is 4. The summed E-state index contributed by atoms with van der Waals surface area (Å²) >= 11 is 0. The lowest BCUT2D eigenvalue weighted by atomic mass is 10.1. The summed E-state index contributed by atoms with van der Waals surface area (Å²) in [5.74, 6) is 5.17. The van der Waals surface area contributed by atoms with Gasteiger partial charge >= 0.3 is 0 Å². The van der Waals surface area contributed by atoms with Crippen LogP contribution in [0.4, 0.5) is 0 Å². The molecule has 1 unspecified atom stereocenters. The minimum Gasteiger partial charge on any atom is -0.379 e. The fourth-order valence-electron chi connectivity index (χ4n) is 1.99. The highest BCUT2D eigenvalue weighted by atomic mass is 16.6. The molecule has 1 atom stereocenters. The van der Waals surface area contributed by atoms with Gasteiger partial charge in [-0.15, -0.1) is 0 Å². The first-order valence-electron chi connectivity index (χ1n) is 6.04. The Bertz CT molecular complexity index is 334. The van der Waals surface area contributed by atoms with Gasteiger partial charge in [0.1, 0.15) is 6.10 Å². The van der Waals surface area contributed by atoms with E-state index in [0.717, 1.165) is 38.4 Å². The maximum atomic E-state index is 5.33. The fraction of sp³-hybridized carbons (Fsp3) is 0.538. The monoisotopic (exact) mass is 236 g/mol. The normalized spacial score (nSPS) is 19.2. The molecule has 1 fully saturated rings. The van der Waals surface area contributed by atoms with Crippen molar-refractivity contribution in [3.05, 3.63) is 35.4 Å². The van der Waals surface area contributed by atoms with Crippen molar-refractivity contribution in [2.24, 2.45) is 5.90 Å². The Kier molecular flexibility index (Phi) is 4.50. The second-order valence-electron chi connectivity index (χ2n) is 4.41. The fourth-order valence-corrected chi connectivity index (χ4v) is 1.99. The van der Waals surface area contributed by atoms with Gasteiger partial charge in [0, 0.05) is 19.6 Å². The molecule has 0 saturated carbocycles. The van der Waals surface area contributed by atoms with E-state index in [1.54, 1.807) is 0 Å². The summed E-state index contributed by atoms with van der Waals surface area (Å²) < 4.78 is 5.33. The van der Waals surface area contributed by atoms with Crippen LogP contribution in [-0.2, 0) is 16.1 Å². The van der Waals surface area contributed by atoms with Gasteiger partial charge in [-0.05, 0) is 18.1 Å². The molecule has 2 N–H and O–H groups in total. The van der Waals surface area contributed by atoms with Crippen molar-refractivity contribution in [2.75, 3.05) is 26.3 Å². The maximum absolute atomic E-state index is 5.33. The molecule has 1 heterocycles. The molecule has 0 spiro atoms. The van der Waals surface area contributed by atoms with Crippen LogP contribution in [0.1, 0.15) is 24.2 Å². The largest absolute Gasteiger partial charge is 0.379 e. The van der Waals surface area contributed by atoms with Crippen molar-refractivity contribution in [3.63, 3.8) is 0 Å². The molecule has 17 heavy (non-hydrogen) atoms. The van der Waals surface area contributed by atoms with Crippen molar-refractivity contribution < 1.29 is 9.57 Å². The van der Waals surface area contributed by atoms with Crippen molar-refractivity contribution in [1.82, 2.24) is 4.90 Å². The second kappa shape index (κ2) is 6.12. The van der Waals surface area contributed by atoms with Crippen molar-refractivity contribution in [1.29, 1.82) is 0 Å². The number of nitrogens with zero attached hydrogens (tertiary/aromatic N) is 1. The molecule has 2 rings (SSSR count). The maximum Gasteiger partial charge on any atom is 0.101 e. The molecule has 0 aromatic heterocycles.